The van der Waals surface area contributed by atoms with Crippen LogP contribution in [0.3, 0.4) is 0 Å². The molecule has 2 aromatic rings. The zero-order valence-electron chi connectivity index (χ0n) is 16.7. The molecule has 1 aliphatic carbocycles. The van der Waals surface area contributed by atoms with Crippen LogP contribution in [-0.2, 0) is 9.53 Å². The normalized spacial score (nSPS) is 16.2. The molecule has 31 heavy (non-hydrogen) atoms. The Labute approximate surface area is 184 Å². The molecule has 1 saturated carbocycles. The summed E-state index contributed by atoms with van der Waals surface area (Å²) in [5.74, 6) is -2.17. The molecular weight excluding hydrogens is 420 g/mol. The van der Waals surface area contributed by atoms with Gasteiger partial charge >= 0.3 is 5.97 Å². The van der Waals surface area contributed by atoms with E-state index in [1.807, 2.05) is 0 Å². The molecule has 1 heterocycles. The van der Waals surface area contributed by atoms with E-state index in [2.05, 4.69) is 5.32 Å². The van der Waals surface area contributed by atoms with Crippen LogP contribution in [0.25, 0.3) is 0 Å². The maximum Gasteiger partial charge on any atom is 0.338 e. The summed E-state index contributed by atoms with van der Waals surface area (Å²) in [5.41, 5.74) is 0.632. The molecule has 8 heteroatoms. The van der Waals surface area contributed by atoms with Gasteiger partial charge < -0.3 is 10.1 Å². The number of fused-ring (bicyclic) bond motifs is 1. The highest BCUT2D eigenvalue weighted by molar-refractivity contribution is 6.39. The van der Waals surface area contributed by atoms with Crippen LogP contribution in [0.5, 0.6) is 0 Å². The lowest BCUT2D eigenvalue weighted by molar-refractivity contribution is -0.125. The molecule has 1 N–H and O–H groups in total. The summed E-state index contributed by atoms with van der Waals surface area (Å²) in [6.07, 6.45) is 5.20. The highest BCUT2D eigenvalue weighted by Gasteiger charge is 2.38. The van der Waals surface area contributed by atoms with Crippen LogP contribution >= 0.6 is 11.6 Å². The van der Waals surface area contributed by atoms with E-state index in [1.54, 1.807) is 24.3 Å². The molecule has 7 nitrogen and oxygen atoms in total. The third-order valence-electron chi connectivity index (χ3n) is 5.52. The van der Waals surface area contributed by atoms with Gasteiger partial charge in [0.2, 0.25) is 0 Å². The molecule has 4 rings (SSSR count). The Kier molecular flexibility index (Phi) is 6.04. The van der Waals surface area contributed by atoms with Crippen LogP contribution < -0.4 is 10.2 Å². The first-order valence-electron chi connectivity index (χ1n) is 10.2. The number of nitrogens with one attached hydrogen (secondary N) is 1. The van der Waals surface area contributed by atoms with Crippen molar-refractivity contribution in [2.75, 3.05) is 11.5 Å². The largest absolute Gasteiger partial charge is 0.452 e. The van der Waals surface area contributed by atoms with Crippen molar-refractivity contribution in [3.63, 3.8) is 0 Å². The molecule has 2 aromatic carbocycles. The van der Waals surface area contributed by atoms with Crippen LogP contribution in [0.4, 0.5) is 5.69 Å². The van der Waals surface area contributed by atoms with Crippen molar-refractivity contribution in [2.24, 2.45) is 0 Å². The van der Waals surface area contributed by atoms with E-state index in [0.717, 1.165) is 30.6 Å². The van der Waals surface area contributed by atoms with Gasteiger partial charge in [-0.1, -0.05) is 43.0 Å². The maximum absolute atomic E-state index is 12.9. The lowest BCUT2D eigenvalue weighted by atomic mass is 9.95. The van der Waals surface area contributed by atoms with Gasteiger partial charge in [-0.3, -0.25) is 14.4 Å². The summed E-state index contributed by atoms with van der Waals surface area (Å²) >= 11 is 6.14. The van der Waals surface area contributed by atoms with Gasteiger partial charge in [-0.2, -0.15) is 0 Å². The molecule has 3 amide bonds. The van der Waals surface area contributed by atoms with E-state index in [9.17, 15) is 19.2 Å². The fourth-order valence-electron chi connectivity index (χ4n) is 3.95. The molecule has 0 atom stereocenters. The van der Waals surface area contributed by atoms with Gasteiger partial charge in [-0.05, 0) is 43.2 Å². The summed E-state index contributed by atoms with van der Waals surface area (Å²) in [6.45, 7) is -0.398. The average Bonchev–Trinajstić information content (AvgIpc) is 3.03. The van der Waals surface area contributed by atoms with Crippen molar-refractivity contribution in [3.05, 3.63) is 64.2 Å². The van der Waals surface area contributed by atoms with Crippen molar-refractivity contribution >= 4 is 41.0 Å². The highest BCUT2D eigenvalue weighted by atomic mass is 35.5. The number of esters is 1. The number of anilines is 1. The number of amides is 3. The number of para-hydroxylation sites is 1. The van der Waals surface area contributed by atoms with Crippen LogP contribution in [0.1, 0.15) is 63.2 Å². The molecule has 0 unspecified atom stereocenters. The number of ether oxygens (including phenoxy) is 1. The minimum absolute atomic E-state index is 0.0889. The summed E-state index contributed by atoms with van der Waals surface area (Å²) < 4.78 is 5.10. The molecular formula is C23H21ClN2O5. The SMILES string of the molecule is O=C(COC(=O)c1ccc2c(c1)C(=O)N(c1ccccc1Cl)C2=O)NC1CCCCC1. The zero-order chi connectivity index (χ0) is 22.0. The number of hydrogen-bond acceptors (Lipinski definition) is 5. The van der Waals surface area contributed by atoms with Crippen molar-refractivity contribution in [1.82, 2.24) is 5.32 Å². The van der Waals surface area contributed by atoms with Gasteiger partial charge in [0, 0.05) is 6.04 Å². The predicted octanol–water partition coefficient (Wildman–Crippen LogP) is 3.75. The number of hydrogen-bond donors (Lipinski definition) is 1. The number of rotatable bonds is 5. The lowest BCUT2D eigenvalue weighted by Crippen LogP contribution is -2.38. The van der Waals surface area contributed by atoms with E-state index in [0.29, 0.717) is 0 Å². The van der Waals surface area contributed by atoms with Crippen molar-refractivity contribution in [2.45, 2.75) is 38.1 Å². The van der Waals surface area contributed by atoms with Gasteiger partial charge in [0.25, 0.3) is 17.7 Å². The Morgan fingerprint density at radius 3 is 2.45 bits per heavy atom. The molecule has 2 aliphatic rings. The second-order valence-electron chi connectivity index (χ2n) is 7.64. The summed E-state index contributed by atoms with van der Waals surface area (Å²) in [4.78, 5) is 51.0. The molecule has 160 valence electrons. The Morgan fingerprint density at radius 2 is 1.71 bits per heavy atom. The third-order valence-corrected chi connectivity index (χ3v) is 5.84. The molecule has 1 aliphatic heterocycles. The quantitative estimate of drug-likeness (QED) is 0.564. The zero-order valence-corrected chi connectivity index (χ0v) is 17.5. The smallest absolute Gasteiger partial charge is 0.338 e. The lowest BCUT2D eigenvalue weighted by Gasteiger charge is -2.22. The van der Waals surface area contributed by atoms with Crippen LogP contribution in [0.2, 0.25) is 5.02 Å². The standard InChI is InChI=1S/C23H21ClN2O5/c24-18-8-4-5-9-19(18)26-21(28)16-11-10-14(12-17(16)22(26)29)23(30)31-13-20(27)25-15-6-2-1-3-7-15/h4-5,8-12,15H,1-3,6-7,13H2,(H,25,27). The molecule has 0 radical (unpaired) electrons. The summed E-state index contributed by atoms with van der Waals surface area (Å²) in [6, 6.07) is 10.8. The Hall–Kier alpha value is -3.19. The predicted molar refractivity (Wildman–Crippen MR) is 114 cm³/mol. The number of benzene rings is 2. The number of imide groups is 1. The fraction of sp³-hybridized carbons (Fsp3) is 0.304. The summed E-state index contributed by atoms with van der Waals surface area (Å²) in [5, 5.41) is 3.14. The van der Waals surface area contributed by atoms with Gasteiger partial charge in [-0.25, -0.2) is 9.69 Å². The molecule has 0 aromatic heterocycles. The Balaban J connectivity index is 1.44. The molecule has 0 bridgehead atoms. The van der Waals surface area contributed by atoms with Gasteiger partial charge in [0.1, 0.15) is 0 Å². The molecule has 1 fully saturated rings. The number of halogens is 1. The Morgan fingerprint density at radius 1 is 1.00 bits per heavy atom. The Bertz CT molecular complexity index is 1060. The summed E-state index contributed by atoms with van der Waals surface area (Å²) in [7, 11) is 0. The van der Waals surface area contributed by atoms with Crippen LogP contribution in [0.15, 0.2) is 42.5 Å². The van der Waals surface area contributed by atoms with Crippen molar-refractivity contribution < 1.29 is 23.9 Å². The third kappa shape index (κ3) is 4.32. The average molecular weight is 441 g/mol. The van der Waals surface area contributed by atoms with E-state index in [4.69, 9.17) is 16.3 Å². The van der Waals surface area contributed by atoms with Crippen molar-refractivity contribution in [3.8, 4) is 0 Å². The minimum atomic E-state index is -0.738. The van der Waals surface area contributed by atoms with E-state index in [1.165, 1.54) is 24.6 Å². The van der Waals surface area contributed by atoms with E-state index >= 15 is 0 Å². The monoisotopic (exact) mass is 440 g/mol. The molecule has 0 spiro atoms. The van der Waals surface area contributed by atoms with Crippen LogP contribution in [-0.4, -0.2) is 36.3 Å². The number of carbonyl (C=O) groups is 4. The first kappa shape index (κ1) is 21.1. The first-order valence-corrected chi connectivity index (χ1v) is 10.6. The van der Waals surface area contributed by atoms with Crippen LogP contribution in [0, 0.1) is 0 Å². The topological polar surface area (TPSA) is 92.8 Å². The number of nitrogens with zero attached hydrogens (tertiary/aromatic N) is 1. The minimum Gasteiger partial charge on any atom is -0.452 e. The van der Waals surface area contributed by atoms with Gasteiger partial charge in [0.15, 0.2) is 6.61 Å². The first-order chi connectivity index (χ1) is 15.0. The maximum atomic E-state index is 12.9. The molecule has 0 saturated heterocycles. The van der Waals surface area contributed by atoms with Crippen molar-refractivity contribution in [1.29, 1.82) is 0 Å². The fourth-order valence-corrected chi connectivity index (χ4v) is 4.17. The van der Waals surface area contributed by atoms with Gasteiger partial charge in [-0.15, -0.1) is 0 Å². The highest BCUT2D eigenvalue weighted by Crippen LogP contribution is 2.33. The van der Waals surface area contributed by atoms with E-state index < -0.39 is 24.4 Å². The van der Waals surface area contributed by atoms with E-state index in [-0.39, 0.29) is 39.3 Å². The van der Waals surface area contributed by atoms with Gasteiger partial charge in [0.05, 0.1) is 27.4 Å². The number of carbonyl (C=O) groups excluding carboxylic acids is 4. The second kappa shape index (κ2) is 8.89. The second-order valence-corrected chi connectivity index (χ2v) is 8.04.